The highest BCUT2D eigenvalue weighted by atomic mass is 16.5. The molecule has 15 heavy (non-hydrogen) atoms. The summed E-state index contributed by atoms with van der Waals surface area (Å²) < 4.78 is 5.29. The van der Waals surface area contributed by atoms with Crippen LogP contribution < -0.4 is 10.6 Å². The average molecular weight is 214 g/mol. The lowest BCUT2D eigenvalue weighted by Crippen LogP contribution is -2.45. The molecule has 0 radical (unpaired) electrons. The minimum atomic E-state index is 0.124. The molecular weight excluding hydrogens is 192 g/mol. The maximum absolute atomic E-state index is 11.6. The third kappa shape index (κ3) is 5.14. The van der Waals surface area contributed by atoms with Crippen molar-refractivity contribution in [3.05, 3.63) is 0 Å². The summed E-state index contributed by atoms with van der Waals surface area (Å²) in [5, 5.41) is 6.26. The largest absolute Gasteiger partial charge is 0.378 e. The number of carbonyl (C=O) groups is 1. The predicted molar refractivity (Wildman–Crippen MR) is 59.7 cm³/mol. The zero-order valence-corrected chi connectivity index (χ0v) is 9.71. The van der Waals surface area contributed by atoms with Crippen molar-refractivity contribution in [1.29, 1.82) is 0 Å². The van der Waals surface area contributed by atoms with Gasteiger partial charge in [-0.05, 0) is 13.3 Å². The van der Waals surface area contributed by atoms with Gasteiger partial charge in [-0.1, -0.05) is 13.3 Å². The van der Waals surface area contributed by atoms with Gasteiger partial charge in [-0.2, -0.15) is 0 Å². The first-order valence-electron chi connectivity index (χ1n) is 5.83. The molecule has 0 aromatic rings. The van der Waals surface area contributed by atoms with E-state index in [2.05, 4.69) is 17.6 Å². The second-order valence-electron chi connectivity index (χ2n) is 4.19. The Morgan fingerprint density at radius 3 is 3.07 bits per heavy atom. The molecule has 88 valence electrons. The van der Waals surface area contributed by atoms with Crippen molar-refractivity contribution < 1.29 is 9.53 Å². The molecule has 1 aliphatic heterocycles. The summed E-state index contributed by atoms with van der Waals surface area (Å²) in [6, 6.07) is 0.472. The molecule has 1 saturated heterocycles. The monoisotopic (exact) mass is 214 g/mol. The minimum Gasteiger partial charge on any atom is -0.378 e. The van der Waals surface area contributed by atoms with Crippen LogP contribution in [-0.4, -0.2) is 37.7 Å². The van der Waals surface area contributed by atoms with Gasteiger partial charge in [-0.25, -0.2) is 0 Å². The highest BCUT2D eigenvalue weighted by Crippen LogP contribution is 2.00. The van der Waals surface area contributed by atoms with Gasteiger partial charge in [0.05, 0.1) is 13.2 Å². The lowest BCUT2D eigenvalue weighted by molar-refractivity contribution is -0.122. The Labute approximate surface area is 91.8 Å². The third-order valence-electron chi connectivity index (χ3n) is 2.56. The van der Waals surface area contributed by atoms with Gasteiger partial charge in [0.15, 0.2) is 0 Å². The van der Waals surface area contributed by atoms with Crippen LogP contribution in [0.25, 0.3) is 0 Å². The summed E-state index contributed by atoms with van der Waals surface area (Å²) in [5.41, 5.74) is 0. The van der Waals surface area contributed by atoms with Crippen molar-refractivity contribution >= 4 is 5.91 Å². The molecule has 2 atom stereocenters. The van der Waals surface area contributed by atoms with E-state index in [0.29, 0.717) is 13.0 Å². The maximum Gasteiger partial charge on any atom is 0.221 e. The van der Waals surface area contributed by atoms with Gasteiger partial charge in [-0.15, -0.1) is 0 Å². The van der Waals surface area contributed by atoms with Gasteiger partial charge in [0.25, 0.3) is 0 Å². The number of morpholine rings is 1. The molecule has 0 aromatic carbocycles. The lowest BCUT2D eigenvalue weighted by atomic mass is 10.1. The number of nitrogens with one attached hydrogen (secondary N) is 2. The van der Waals surface area contributed by atoms with Gasteiger partial charge in [0, 0.05) is 25.0 Å². The predicted octanol–water partition coefficient (Wildman–Crippen LogP) is 0.670. The van der Waals surface area contributed by atoms with Crippen LogP contribution in [0.2, 0.25) is 0 Å². The van der Waals surface area contributed by atoms with Crippen LogP contribution in [-0.2, 0) is 9.53 Å². The summed E-state index contributed by atoms with van der Waals surface area (Å²) in [7, 11) is 0. The zero-order valence-electron chi connectivity index (χ0n) is 9.71. The van der Waals surface area contributed by atoms with Gasteiger partial charge in [-0.3, -0.25) is 4.79 Å². The normalized spacial score (nSPS) is 23.5. The van der Waals surface area contributed by atoms with Crippen LogP contribution in [0, 0.1) is 0 Å². The molecule has 4 nitrogen and oxygen atoms in total. The molecule has 2 N–H and O–H groups in total. The van der Waals surface area contributed by atoms with E-state index in [1.807, 2.05) is 6.92 Å². The molecule has 4 heteroatoms. The van der Waals surface area contributed by atoms with E-state index in [1.165, 1.54) is 0 Å². The molecule has 0 bridgehead atoms. The molecule has 1 rings (SSSR count). The molecule has 1 heterocycles. The van der Waals surface area contributed by atoms with Crippen LogP contribution in [0.5, 0.6) is 0 Å². The first-order valence-corrected chi connectivity index (χ1v) is 5.83. The van der Waals surface area contributed by atoms with E-state index in [1.54, 1.807) is 0 Å². The molecule has 1 aliphatic rings. The molecule has 0 aliphatic carbocycles. The number of ether oxygens (including phenoxy) is 1. The smallest absolute Gasteiger partial charge is 0.221 e. The van der Waals surface area contributed by atoms with E-state index in [0.717, 1.165) is 26.0 Å². The van der Waals surface area contributed by atoms with Crippen molar-refractivity contribution in [2.45, 2.75) is 45.2 Å². The van der Waals surface area contributed by atoms with Crippen LogP contribution >= 0.6 is 0 Å². The molecule has 0 spiro atoms. The highest BCUT2D eigenvalue weighted by Gasteiger charge is 2.17. The molecule has 0 aromatic heterocycles. The first kappa shape index (κ1) is 12.5. The van der Waals surface area contributed by atoms with Crippen LogP contribution in [0.15, 0.2) is 0 Å². The Bertz CT molecular complexity index is 191. The maximum atomic E-state index is 11.6. The van der Waals surface area contributed by atoms with Gasteiger partial charge in [0.1, 0.15) is 0 Å². The molecule has 0 saturated carbocycles. The molecule has 1 amide bonds. The highest BCUT2D eigenvalue weighted by molar-refractivity contribution is 5.76. The van der Waals surface area contributed by atoms with Crippen LogP contribution in [0.3, 0.4) is 0 Å². The second-order valence-corrected chi connectivity index (χ2v) is 4.19. The van der Waals surface area contributed by atoms with Gasteiger partial charge < -0.3 is 15.4 Å². The quantitative estimate of drug-likeness (QED) is 0.707. The number of amides is 1. The van der Waals surface area contributed by atoms with Crippen molar-refractivity contribution in [3.63, 3.8) is 0 Å². The van der Waals surface area contributed by atoms with Crippen molar-refractivity contribution in [3.8, 4) is 0 Å². The number of hydrogen-bond donors (Lipinski definition) is 2. The fraction of sp³-hybridized carbons (Fsp3) is 0.909. The Kier molecular flexibility index (Phi) is 5.65. The van der Waals surface area contributed by atoms with E-state index < -0.39 is 0 Å². The summed E-state index contributed by atoms with van der Waals surface area (Å²) in [6.07, 6.45) is 2.67. The summed E-state index contributed by atoms with van der Waals surface area (Å²) in [4.78, 5) is 11.6. The van der Waals surface area contributed by atoms with E-state index in [4.69, 9.17) is 4.74 Å². The van der Waals surface area contributed by atoms with Crippen LogP contribution in [0.4, 0.5) is 0 Å². The van der Waals surface area contributed by atoms with E-state index >= 15 is 0 Å². The first-order chi connectivity index (χ1) is 7.22. The summed E-state index contributed by atoms with van der Waals surface area (Å²) in [6.45, 7) is 6.42. The van der Waals surface area contributed by atoms with Crippen molar-refractivity contribution in [2.24, 2.45) is 0 Å². The van der Waals surface area contributed by atoms with Crippen molar-refractivity contribution in [2.75, 3.05) is 19.8 Å². The van der Waals surface area contributed by atoms with Crippen LogP contribution in [0.1, 0.15) is 33.1 Å². The zero-order chi connectivity index (χ0) is 11.1. The van der Waals surface area contributed by atoms with E-state index in [-0.39, 0.29) is 18.0 Å². The Morgan fingerprint density at radius 1 is 1.67 bits per heavy atom. The summed E-state index contributed by atoms with van der Waals surface area (Å²) in [5.74, 6) is 0.124. The third-order valence-corrected chi connectivity index (χ3v) is 2.56. The van der Waals surface area contributed by atoms with Gasteiger partial charge in [0.2, 0.25) is 5.91 Å². The minimum absolute atomic E-state index is 0.124. The average Bonchev–Trinajstić information content (AvgIpc) is 2.19. The number of carbonyl (C=O) groups excluding carboxylic acids is 1. The second kappa shape index (κ2) is 6.80. The van der Waals surface area contributed by atoms with Crippen molar-refractivity contribution in [1.82, 2.24) is 10.6 Å². The molecular formula is C11H22N2O2. The Hall–Kier alpha value is -0.610. The topological polar surface area (TPSA) is 50.4 Å². The molecule has 2 unspecified atom stereocenters. The fourth-order valence-corrected chi connectivity index (χ4v) is 1.81. The number of hydrogen-bond acceptors (Lipinski definition) is 3. The Morgan fingerprint density at radius 2 is 2.47 bits per heavy atom. The fourth-order valence-electron chi connectivity index (χ4n) is 1.81. The van der Waals surface area contributed by atoms with Gasteiger partial charge >= 0.3 is 0 Å². The Balaban J connectivity index is 2.16. The number of rotatable bonds is 5. The lowest BCUT2D eigenvalue weighted by Gasteiger charge is -2.24. The SMILES string of the molecule is CCCC(C)NC(=O)CC1COCCN1. The standard InChI is InChI=1S/C11H22N2O2/c1-3-4-9(2)13-11(14)7-10-8-15-6-5-12-10/h9-10,12H,3-8H2,1-2H3,(H,13,14). The summed E-state index contributed by atoms with van der Waals surface area (Å²) >= 11 is 0. The van der Waals surface area contributed by atoms with E-state index in [9.17, 15) is 4.79 Å². The molecule has 1 fully saturated rings.